The van der Waals surface area contributed by atoms with E-state index in [1.165, 1.54) is 6.42 Å². The zero-order valence-electron chi connectivity index (χ0n) is 12.1. The molecule has 4 heteroatoms. The molecule has 0 saturated heterocycles. The summed E-state index contributed by atoms with van der Waals surface area (Å²) in [6.45, 7) is 4.61. The zero-order chi connectivity index (χ0) is 14.5. The normalized spacial score (nSPS) is 11.1. The lowest BCUT2D eigenvalue weighted by Crippen LogP contribution is -2.11. The van der Waals surface area contributed by atoms with Crippen LogP contribution in [0.2, 0.25) is 0 Å². The summed E-state index contributed by atoms with van der Waals surface area (Å²) in [7, 11) is 0. The fraction of sp³-hybridized carbons (Fsp3) is 0.500. The molecule has 2 aromatic rings. The van der Waals surface area contributed by atoms with Gasteiger partial charge < -0.3 is 4.42 Å². The van der Waals surface area contributed by atoms with Gasteiger partial charge in [-0.25, -0.2) is 4.79 Å². The number of aromatic nitrogens is 1. The maximum atomic E-state index is 12.1. The number of Topliss-reactive ketones (excluding diaryl/α,β-unsaturated/α-hetero) is 1. The molecule has 0 N–H and O–H groups in total. The Kier molecular flexibility index (Phi) is 4.77. The van der Waals surface area contributed by atoms with Crippen molar-refractivity contribution in [2.45, 2.75) is 52.5 Å². The van der Waals surface area contributed by atoms with Crippen molar-refractivity contribution in [3.05, 3.63) is 34.3 Å². The Morgan fingerprint density at radius 1 is 1.20 bits per heavy atom. The van der Waals surface area contributed by atoms with Crippen LogP contribution in [0, 0.1) is 0 Å². The summed E-state index contributed by atoms with van der Waals surface area (Å²) in [6, 6.07) is 5.26. The minimum absolute atomic E-state index is 0.120. The highest BCUT2D eigenvalue weighted by atomic mass is 16.4. The molecule has 0 aliphatic carbocycles. The number of rotatable bonds is 7. The molecule has 0 atom stereocenters. The third-order valence-corrected chi connectivity index (χ3v) is 3.56. The Morgan fingerprint density at radius 2 is 2.00 bits per heavy atom. The molecule has 0 radical (unpaired) electrons. The summed E-state index contributed by atoms with van der Waals surface area (Å²) in [5.74, 6) is -0.245. The van der Waals surface area contributed by atoms with Crippen molar-refractivity contribution in [2.24, 2.45) is 0 Å². The first-order valence-electron chi connectivity index (χ1n) is 7.34. The Morgan fingerprint density at radius 3 is 2.70 bits per heavy atom. The maximum absolute atomic E-state index is 12.1. The van der Waals surface area contributed by atoms with Gasteiger partial charge in [-0.05, 0) is 31.5 Å². The van der Waals surface area contributed by atoms with E-state index in [0.717, 1.165) is 24.8 Å². The molecule has 108 valence electrons. The minimum Gasteiger partial charge on any atom is -0.408 e. The van der Waals surface area contributed by atoms with E-state index in [1.54, 1.807) is 22.8 Å². The van der Waals surface area contributed by atoms with E-state index >= 15 is 0 Å². The predicted molar refractivity (Wildman–Crippen MR) is 79.2 cm³/mol. The Balaban J connectivity index is 2.15. The number of hydrogen-bond donors (Lipinski definition) is 0. The van der Waals surface area contributed by atoms with Crippen molar-refractivity contribution in [2.75, 3.05) is 0 Å². The van der Waals surface area contributed by atoms with Gasteiger partial charge in [-0.3, -0.25) is 9.36 Å². The van der Waals surface area contributed by atoms with E-state index in [-0.39, 0.29) is 11.5 Å². The largest absolute Gasteiger partial charge is 0.419 e. The van der Waals surface area contributed by atoms with E-state index in [2.05, 4.69) is 6.92 Å². The highest BCUT2D eigenvalue weighted by Crippen LogP contribution is 2.17. The molecule has 4 nitrogen and oxygen atoms in total. The summed E-state index contributed by atoms with van der Waals surface area (Å²) in [5, 5.41) is 0. The van der Waals surface area contributed by atoms with Crippen LogP contribution in [0.15, 0.2) is 27.4 Å². The van der Waals surface area contributed by atoms with Gasteiger partial charge >= 0.3 is 5.76 Å². The summed E-state index contributed by atoms with van der Waals surface area (Å²) < 4.78 is 6.74. The van der Waals surface area contributed by atoms with Gasteiger partial charge in [0.1, 0.15) is 0 Å². The minimum atomic E-state index is -0.366. The number of fused-ring (bicyclic) bond motifs is 1. The average molecular weight is 275 g/mol. The van der Waals surface area contributed by atoms with Crippen molar-refractivity contribution < 1.29 is 9.21 Å². The standard InChI is InChI=1S/C16H21NO3/c1-3-5-6-7-8-14(18)12-9-10-13-15(11-12)20-16(19)17(13)4-2/h9-11H,3-8H2,1-2H3. The van der Waals surface area contributed by atoms with E-state index in [0.29, 0.717) is 24.1 Å². The van der Waals surface area contributed by atoms with Crippen LogP contribution in [0.3, 0.4) is 0 Å². The molecule has 0 amide bonds. The molecule has 0 spiro atoms. The van der Waals surface area contributed by atoms with Gasteiger partial charge in [-0.15, -0.1) is 0 Å². The lowest BCUT2D eigenvalue weighted by molar-refractivity contribution is 0.0979. The van der Waals surface area contributed by atoms with E-state index in [4.69, 9.17) is 4.42 Å². The summed E-state index contributed by atoms with van der Waals surface area (Å²) >= 11 is 0. The molecule has 1 aromatic carbocycles. The molecular weight excluding hydrogens is 254 g/mol. The smallest absolute Gasteiger partial charge is 0.408 e. The second-order valence-electron chi connectivity index (χ2n) is 5.03. The summed E-state index contributed by atoms with van der Waals surface area (Å²) in [5.41, 5.74) is 1.88. The zero-order valence-corrected chi connectivity index (χ0v) is 12.1. The third kappa shape index (κ3) is 3.00. The highest BCUT2D eigenvalue weighted by molar-refractivity contribution is 5.98. The van der Waals surface area contributed by atoms with Crippen LogP contribution in [0.25, 0.3) is 11.1 Å². The first kappa shape index (κ1) is 14.6. The summed E-state index contributed by atoms with van der Waals surface area (Å²) in [6.07, 6.45) is 4.90. The van der Waals surface area contributed by atoms with Crippen molar-refractivity contribution in [3.8, 4) is 0 Å². The highest BCUT2D eigenvalue weighted by Gasteiger charge is 2.11. The monoisotopic (exact) mass is 275 g/mol. The van der Waals surface area contributed by atoms with Gasteiger partial charge in [0.05, 0.1) is 5.52 Å². The third-order valence-electron chi connectivity index (χ3n) is 3.56. The number of carbonyl (C=O) groups excluding carboxylic acids is 1. The molecule has 0 saturated carbocycles. The van der Waals surface area contributed by atoms with Crippen molar-refractivity contribution in [1.82, 2.24) is 4.57 Å². The number of hydrogen-bond acceptors (Lipinski definition) is 3. The fourth-order valence-corrected chi connectivity index (χ4v) is 2.40. The predicted octanol–water partition coefficient (Wildman–Crippen LogP) is 3.77. The van der Waals surface area contributed by atoms with Gasteiger partial charge in [-0.1, -0.05) is 26.2 Å². The van der Waals surface area contributed by atoms with Crippen LogP contribution < -0.4 is 5.76 Å². The molecule has 1 heterocycles. The second kappa shape index (κ2) is 6.55. The topological polar surface area (TPSA) is 52.2 Å². The Bertz CT molecular complexity index is 651. The van der Waals surface area contributed by atoms with E-state index in [1.807, 2.05) is 6.92 Å². The van der Waals surface area contributed by atoms with Gasteiger partial charge in [0.25, 0.3) is 0 Å². The van der Waals surface area contributed by atoms with Gasteiger partial charge in [0.2, 0.25) is 0 Å². The number of ketones is 1. The van der Waals surface area contributed by atoms with Crippen LogP contribution in [0.1, 0.15) is 56.3 Å². The number of nitrogens with zero attached hydrogens (tertiary/aromatic N) is 1. The molecule has 0 unspecified atom stereocenters. The van der Waals surface area contributed by atoms with Crippen LogP contribution in [-0.2, 0) is 6.54 Å². The fourth-order valence-electron chi connectivity index (χ4n) is 2.40. The maximum Gasteiger partial charge on any atom is 0.419 e. The number of carbonyl (C=O) groups is 1. The van der Waals surface area contributed by atoms with E-state index in [9.17, 15) is 9.59 Å². The van der Waals surface area contributed by atoms with Gasteiger partial charge in [-0.2, -0.15) is 0 Å². The van der Waals surface area contributed by atoms with Crippen molar-refractivity contribution in [3.63, 3.8) is 0 Å². The van der Waals surface area contributed by atoms with Crippen LogP contribution >= 0.6 is 0 Å². The SMILES string of the molecule is CCCCCCC(=O)c1ccc2c(c1)oc(=O)n2CC. The van der Waals surface area contributed by atoms with Gasteiger partial charge in [0.15, 0.2) is 11.4 Å². The Labute approximate surface area is 118 Å². The Hall–Kier alpha value is -1.84. The first-order valence-corrected chi connectivity index (χ1v) is 7.34. The second-order valence-corrected chi connectivity index (χ2v) is 5.03. The van der Waals surface area contributed by atoms with Crippen molar-refractivity contribution in [1.29, 1.82) is 0 Å². The quantitative estimate of drug-likeness (QED) is 0.571. The average Bonchev–Trinajstić information content (AvgIpc) is 2.77. The van der Waals surface area contributed by atoms with E-state index < -0.39 is 0 Å². The number of oxazole rings is 1. The van der Waals surface area contributed by atoms with Gasteiger partial charge in [0, 0.05) is 18.5 Å². The number of benzene rings is 1. The molecule has 2 rings (SSSR count). The lowest BCUT2D eigenvalue weighted by atomic mass is 10.0. The number of aryl methyl sites for hydroxylation is 1. The molecule has 0 aliphatic rings. The molecule has 0 fully saturated rings. The molecule has 20 heavy (non-hydrogen) atoms. The summed E-state index contributed by atoms with van der Waals surface area (Å²) in [4.78, 5) is 23.7. The van der Waals surface area contributed by atoms with Crippen LogP contribution in [0.5, 0.6) is 0 Å². The molecule has 0 bridgehead atoms. The number of unbranched alkanes of at least 4 members (excludes halogenated alkanes) is 3. The van der Waals surface area contributed by atoms with Crippen LogP contribution in [0.4, 0.5) is 0 Å². The molecule has 1 aromatic heterocycles. The lowest BCUT2D eigenvalue weighted by Gasteiger charge is -2.01. The van der Waals surface area contributed by atoms with Crippen molar-refractivity contribution >= 4 is 16.9 Å². The molecule has 0 aliphatic heterocycles. The first-order chi connectivity index (χ1) is 9.67. The molecular formula is C16H21NO3. The van der Waals surface area contributed by atoms with Crippen LogP contribution in [-0.4, -0.2) is 10.4 Å².